The van der Waals surface area contributed by atoms with E-state index in [4.69, 9.17) is 4.52 Å². The van der Waals surface area contributed by atoms with E-state index in [1.165, 1.54) is 0 Å². The van der Waals surface area contributed by atoms with Crippen molar-refractivity contribution in [3.63, 3.8) is 0 Å². The minimum Gasteiger partial charge on any atom is -0.337 e. The van der Waals surface area contributed by atoms with E-state index in [1.807, 2.05) is 25.1 Å². The molecule has 0 unspecified atom stereocenters. The fourth-order valence-electron chi connectivity index (χ4n) is 1.36. The molecule has 5 nitrogen and oxygen atoms in total. The SMILES string of the molecule is Cc1cccc(-c2noc(NCC(C)C)n2)n1. The quantitative estimate of drug-likeness (QED) is 0.877. The van der Waals surface area contributed by atoms with Crippen molar-refractivity contribution in [3.8, 4) is 11.5 Å². The van der Waals surface area contributed by atoms with Gasteiger partial charge < -0.3 is 9.84 Å². The fraction of sp³-hybridized carbons (Fsp3) is 0.417. The lowest BCUT2D eigenvalue weighted by Crippen LogP contribution is -2.07. The van der Waals surface area contributed by atoms with Gasteiger partial charge in [-0.25, -0.2) is 4.98 Å². The Morgan fingerprint density at radius 1 is 1.29 bits per heavy atom. The molecule has 17 heavy (non-hydrogen) atoms. The maximum atomic E-state index is 5.10. The lowest BCUT2D eigenvalue weighted by molar-refractivity contribution is 0.429. The van der Waals surface area contributed by atoms with Gasteiger partial charge in [0.2, 0.25) is 5.82 Å². The summed E-state index contributed by atoms with van der Waals surface area (Å²) in [5, 5.41) is 6.98. The number of nitrogens with one attached hydrogen (secondary N) is 1. The predicted octanol–water partition coefficient (Wildman–Crippen LogP) is 2.51. The Balaban J connectivity index is 2.12. The number of rotatable bonds is 4. The third kappa shape index (κ3) is 3.03. The highest BCUT2D eigenvalue weighted by atomic mass is 16.5. The van der Waals surface area contributed by atoms with E-state index < -0.39 is 0 Å². The third-order valence-corrected chi connectivity index (χ3v) is 2.20. The summed E-state index contributed by atoms with van der Waals surface area (Å²) in [4.78, 5) is 8.58. The van der Waals surface area contributed by atoms with Gasteiger partial charge in [-0.2, -0.15) is 4.98 Å². The second-order valence-electron chi connectivity index (χ2n) is 4.36. The zero-order valence-electron chi connectivity index (χ0n) is 10.3. The molecule has 0 aromatic carbocycles. The van der Waals surface area contributed by atoms with Crippen LogP contribution in [0.5, 0.6) is 0 Å². The highest BCUT2D eigenvalue weighted by Crippen LogP contribution is 2.15. The van der Waals surface area contributed by atoms with Crippen molar-refractivity contribution >= 4 is 6.01 Å². The largest absolute Gasteiger partial charge is 0.337 e. The molecule has 0 aliphatic heterocycles. The van der Waals surface area contributed by atoms with Crippen LogP contribution < -0.4 is 5.32 Å². The lowest BCUT2D eigenvalue weighted by Gasteiger charge is -2.02. The van der Waals surface area contributed by atoms with Gasteiger partial charge in [0, 0.05) is 12.2 Å². The van der Waals surface area contributed by atoms with Crippen LogP contribution in [0.1, 0.15) is 19.5 Å². The van der Waals surface area contributed by atoms with Crippen LogP contribution in [0.25, 0.3) is 11.5 Å². The number of anilines is 1. The molecule has 0 saturated carbocycles. The summed E-state index contributed by atoms with van der Waals surface area (Å²) >= 11 is 0. The molecule has 0 atom stereocenters. The molecule has 0 aliphatic rings. The van der Waals surface area contributed by atoms with Gasteiger partial charge in [-0.3, -0.25) is 0 Å². The summed E-state index contributed by atoms with van der Waals surface area (Å²) in [5.41, 5.74) is 1.66. The van der Waals surface area contributed by atoms with Crippen LogP contribution in [0.15, 0.2) is 22.7 Å². The van der Waals surface area contributed by atoms with Crippen LogP contribution in [0.3, 0.4) is 0 Å². The first kappa shape index (κ1) is 11.6. The molecule has 0 saturated heterocycles. The van der Waals surface area contributed by atoms with Crippen LogP contribution in [0.4, 0.5) is 6.01 Å². The first-order chi connectivity index (χ1) is 8.15. The van der Waals surface area contributed by atoms with Crippen LogP contribution >= 0.6 is 0 Å². The first-order valence-corrected chi connectivity index (χ1v) is 5.67. The average Bonchev–Trinajstić information content (AvgIpc) is 2.75. The molecule has 90 valence electrons. The number of pyridine rings is 1. The number of aryl methyl sites for hydroxylation is 1. The van der Waals surface area contributed by atoms with Crippen LogP contribution in [-0.4, -0.2) is 21.7 Å². The van der Waals surface area contributed by atoms with Crippen molar-refractivity contribution in [1.29, 1.82) is 0 Å². The van der Waals surface area contributed by atoms with Gasteiger partial charge in [-0.15, -0.1) is 0 Å². The molecule has 2 aromatic rings. The zero-order chi connectivity index (χ0) is 12.3. The van der Waals surface area contributed by atoms with Crippen LogP contribution in [0.2, 0.25) is 0 Å². The molecule has 5 heteroatoms. The number of aromatic nitrogens is 3. The van der Waals surface area contributed by atoms with Gasteiger partial charge in [0.1, 0.15) is 5.69 Å². The Bertz CT molecular complexity index is 493. The summed E-state index contributed by atoms with van der Waals surface area (Å²) in [6, 6.07) is 6.16. The zero-order valence-corrected chi connectivity index (χ0v) is 10.3. The smallest absolute Gasteiger partial charge is 0.321 e. The summed E-state index contributed by atoms with van der Waals surface area (Å²) in [7, 11) is 0. The monoisotopic (exact) mass is 232 g/mol. The maximum absolute atomic E-state index is 5.10. The van der Waals surface area contributed by atoms with Gasteiger partial charge in [0.15, 0.2) is 0 Å². The Morgan fingerprint density at radius 3 is 2.82 bits per heavy atom. The van der Waals surface area contributed by atoms with E-state index >= 15 is 0 Å². The van der Waals surface area contributed by atoms with E-state index in [-0.39, 0.29) is 0 Å². The standard InChI is InChI=1S/C12H16N4O/c1-8(2)7-13-12-15-11(16-17-12)10-6-4-5-9(3)14-10/h4-6,8H,7H2,1-3H3,(H,13,15,16). The molecule has 2 aromatic heterocycles. The molecule has 0 spiro atoms. The minimum atomic E-state index is 0.442. The number of nitrogens with zero attached hydrogens (tertiary/aromatic N) is 3. The first-order valence-electron chi connectivity index (χ1n) is 5.67. The summed E-state index contributed by atoms with van der Waals surface area (Å²) in [5.74, 6) is 1.04. The molecule has 0 radical (unpaired) electrons. The van der Waals surface area contributed by atoms with Gasteiger partial charge >= 0.3 is 6.01 Å². The van der Waals surface area contributed by atoms with E-state index in [0.29, 0.717) is 17.8 Å². The van der Waals surface area contributed by atoms with Crippen molar-refractivity contribution in [1.82, 2.24) is 15.1 Å². The predicted molar refractivity (Wildman–Crippen MR) is 65.6 cm³/mol. The molecular formula is C12H16N4O. The summed E-state index contributed by atoms with van der Waals surface area (Å²) < 4.78 is 5.10. The molecule has 0 bridgehead atoms. The normalized spacial score (nSPS) is 10.8. The van der Waals surface area contributed by atoms with Crippen LogP contribution in [-0.2, 0) is 0 Å². The molecule has 0 aliphatic carbocycles. The summed E-state index contributed by atoms with van der Waals surface area (Å²) in [6.07, 6.45) is 0. The van der Waals surface area contributed by atoms with Crippen molar-refractivity contribution < 1.29 is 4.52 Å². The molecule has 2 heterocycles. The number of hydrogen-bond donors (Lipinski definition) is 1. The Morgan fingerprint density at radius 2 is 2.12 bits per heavy atom. The third-order valence-electron chi connectivity index (χ3n) is 2.20. The van der Waals surface area contributed by atoms with Crippen LogP contribution in [0, 0.1) is 12.8 Å². The van der Waals surface area contributed by atoms with Crippen molar-refractivity contribution in [3.05, 3.63) is 23.9 Å². The van der Waals surface area contributed by atoms with E-state index in [0.717, 1.165) is 17.9 Å². The van der Waals surface area contributed by atoms with Gasteiger partial charge in [0.25, 0.3) is 0 Å². The van der Waals surface area contributed by atoms with E-state index in [9.17, 15) is 0 Å². The summed E-state index contributed by atoms with van der Waals surface area (Å²) in [6.45, 7) is 6.98. The topological polar surface area (TPSA) is 63.8 Å². The minimum absolute atomic E-state index is 0.442. The average molecular weight is 232 g/mol. The van der Waals surface area contributed by atoms with E-state index in [2.05, 4.69) is 34.3 Å². The molecule has 1 N–H and O–H groups in total. The lowest BCUT2D eigenvalue weighted by atomic mass is 10.2. The number of hydrogen-bond acceptors (Lipinski definition) is 5. The second kappa shape index (κ2) is 4.95. The molecule has 0 fully saturated rings. The Kier molecular flexibility index (Phi) is 3.37. The van der Waals surface area contributed by atoms with Gasteiger partial charge in [0.05, 0.1) is 0 Å². The van der Waals surface area contributed by atoms with Crippen molar-refractivity contribution in [2.75, 3.05) is 11.9 Å². The molecule has 0 amide bonds. The second-order valence-corrected chi connectivity index (χ2v) is 4.36. The maximum Gasteiger partial charge on any atom is 0.321 e. The van der Waals surface area contributed by atoms with Crippen molar-refractivity contribution in [2.45, 2.75) is 20.8 Å². The highest BCUT2D eigenvalue weighted by Gasteiger charge is 2.09. The highest BCUT2D eigenvalue weighted by molar-refractivity contribution is 5.49. The van der Waals surface area contributed by atoms with Gasteiger partial charge in [-0.05, 0) is 25.0 Å². The fourth-order valence-corrected chi connectivity index (χ4v) is 1.36. The molecular weight excluding hydrogens is 216 g/mol. The van der Waals surface area contributed by atoms with Gasteiger partial charge in [-0.1, -0.05) is 25.1 Å². The van der Waals surface area contributed by atoms with E-state index in [1.54, 1.807) is 0 Å². The Hall–Kier alpha value is -1.91. The Labute approximate surface area is 100 Å². The molecule has 2 rings (SSSR count). The van der Waals surface area contributed by atoms with Crippen molar-refractivity contribution in [2.24, 2.45) is 5.92 Å².